The van der Waals surface area contributed by atoms with Gasteiger partial charge in [-0.05, 0) is 43.5 Å². The molecule has 2 heterocycles. The Kier molecular flexibility index (Phi) is 1.87. The predicted octanol–water partition coefficient (Wildman–Crippen LogP) is 2.05. The Morgan fingerprint density at radius 3 is 3.12 bits per heavy atom. The van der Waals surface area contributed by atoms with E-state index in [1.54, 1.807) is 23.1 Å². The number of rotatable bonds is 0. The lowest BCUT2D eigenvalue weighted by molar-refractivity contribution is 0.140. The minimum Gasteiger partial charge on any atom is -0.508 e. The van der Waals surface area contributed by atoms with Crippen molar-refractivity contribution < 1.29 is 14.6 Å². The summed E-state index contributed by atoms with van der Waals surface area (Å²) in [5.41, 5.74) is 1.89. The number of phenols is 1. The van der Waals surface area contributed by atoms with Gasteiger partial charge in [-0.1, -0.05) is 0 Å². The number of aromatic hydroxyl groups is 1. The van der Waals surface area contributed by atoms with E-state index in [0.717, 1.165) is 24.1 Å². The van der Waals surface area contributed by atoms with Crippen LogP contribution in [0.25, 0.3) is 0 Å². The Hall–Kier alpha value is -1.71. The maximum absolute atomic E-state index is 11.7. The standard InChI is InChI=1S/C12H13NO3/c1-7-10-4-2-8-6-9(14)3-5-11(8)13(10)12(15)16-7/h3,5-7,10,14H,2,4H2,1H3/t7-,10+/m1/s1. The molecular weight excluding hydrogens is 206 g/mol. The Labute approximate surface area is 93.4 Å². The van der Waals surface area contributed by atoms with Crippen molar-refractivity contribution in [3.8, 4) is 5.75 Å². The molecule has 0 aromatic heterocycles. The van der Waals surface area contributed by atoms with Gasteiger partial charge in [0.25, 0.3) is 0 Å². The maximum atomic E-state index is 11.7. The van der Waals surface area contributed by atoms with Crippen molar-refractivity contribution in [2.75, 3.05) is 4.90 Å². The van der Waals surface area contributed by atoms with Crippen molar-refractivity contribution in [1.29, 1.82) is 0 Å². The summed E-state index contributed by atoms with van der Waals surface area (Å²) < 4.78 is 5.22. The lowest BCUT2D eigenvalue weighted by Crippen LogP contribution is -2.39. The molecule has 0 spiro atoms. The van der Waals surface area contributed by atoms with Crippen LogP contribution in [-0.4, -0.2) is 23.3 Å². The van der Waals surface area contributed by atoms with Crippen LogP contribution in [0.1, 0.15) is 18.9 Å². The van der Waals surface area contributed by atoms with Crippen LogP contribution in [0.4, 0.5) is 10.5 Å². The average Bonchev–Trinajstić information content (AvgIpc) is 2.54. The molecule has 1 aromatic rings. The normalized spacial score (nSPS) is 27.3. The van der Waals surface area contributed by atoms with Crippen molar-refractivity contribution in [3.05, 3.63) is 23.8 Å². The molecule has 0 bridgehead atoms. The molecule has 84 valence electrons. The molecule has 16 heavy (non-hydrogen) atoms. The second-order valence-electron chi connectivity index (χ2n) is 4.38. The summed E-state index contributed by atoms with van der Waals surface area (Å²) in [7, 11) is 0. The molecule has 2 atom stereocenters. The number of cyclic esters (lactones) is 1. The van der Waals surface area contributed by atoms with Crippen molar-refractivity contribution in [2.24, 2.45) is 0 Å². The van der Waals surface area contributed by atoms with Gasteiger partial charge in [0.1, 0.15) is 11.9 Å². The summed E-state index contributed by atoms with van der Waals surface area (Å²) >= 11 is 0. The summed E-state index contributed by atoms with van der Waals surface area (Å²) in [5, 5.41) is 9.41. The quantitative estimate of drug-likeness (QED) is 0.726. The Morgan fingerprint density at radius 1 is 1.50 bits per heavy atom. The highest BCUT2D eigenvalue weighted by atomic mass is 16.6. The molecule has 3 rings (SSSR count). The van der Waals surface area contributed by atoms with Crippen LogP contribution in [0.15, 0.2) is 18.2 Å². The SMILES string of the molecule is C[C@H]1OC(=O)N2c3ccc(O)cc3CC[C@@H]12. The molecule has 0 aliphatic carbocycles. The molecule has 2 aliphatic rings. The van der Waals surface area contributed by atoms with E-state index in [-0.39, 0.29) is 24.0 Å². The molecule has 0 unspecified atom stereocenters. The maximum Gasteiger partial charge on any atom is 0.415 e. The molecule has 1 fully saturated rings. The van der Waals surface area contributed by atoms with E-state index in [0.29, 0.717) is 0 Å². The fraction of sp³-hybridized carbons (Fsp3) is 0.417. The fourth-order valence-corrected chi connectivity index (χ4v) is 2.59. The molecule has 4 heteroatoms. The highest BCUT2D eigenvalue weighted by Gasteiger charge is 2.42. The first kappa shape index (κ1) is 9.51. The summed E-state index contributed by atoms with van der Waals surface area (Å²) in [6.07, 6.45) is 1.45. The minimum atomic E-state index is -0.274. The number of nitrogens with zero attached hydrogens (tertiary/aromatic N) is 1. The number of hydrogen-bond acceptors (Lipinski definition) is 3. The van der Waals surface area contributed by atoms with E-state index in [9.17, 15) is 9.90 Å². The van der Waals surface area contributed by atoms with Gasteiger partial charge in [0.15, 0.2) is 0 Å². The van der Waals surface area contributed by atoms with Gasteiger partial charge in [0, 0.05) is 0 Å². The second kappa shape index (κ2) is 3.14. The van der Waals surface area contributed by atoms with Crippen LogP contribution in [0, 0.1) is 0 Å². The van der Waals surface area contributed by atoms with Crippen molar-refractivity contribution in [2.45, 2.75) is 31.9 Å². The minimum absolute atomic E-state index is 0.0468. The predicted molar refractivity (Wildman–Crippen MR) is 58.6 cm³/mol. The lowest BCUT2D eigenvalue weighted by atomic mass is 9.94. The number of amides is 1. The van der Waals surface area contributed by atoms with Gasteiger partial charge in [-0.25, -0.2) is 4.79 Å². The number of carbonyl (C=O) groups excluding carboxylic acids is 1. The van der Waals surface area contributed by atoms with Crippen LogP contribution in [0.5, 0.6) is 5.75 Å². The molecule has 1 N–H and O–H groups in total. The first-order chi connectivity index (χ1) is 7.66. The third-order valence-electron chi connectivity index (χ3n) is 3.39. The number of phenolic OH excluding ortho intramolecular Hbond substituents is 1. The third kappa shape index (κ3) is 1.19. The number of ether oxygens (including phenoxy) is 1. The zero-order valence-electron chi connectivity index (χ0n) is 9.01. The van der Waals surface area contributed by atoms with Gasteiger partial charge >= 0.3 is 6.09 Å². The van der Waals surface area contributed by atoms with E-state index in [1.165, 1.54) is 0 Å². The van der Waals surface area contributed by atoms with Gasteiger partial charge < -0.3 is 9.84 Å². The molecule has 0 radical (unpaired) electrons. The van der Waals surface area contributed by atoms with Crippen molar-refractivity contribution >= 4 is 11.8 Å². The smallest absolute Gasteiger partial charge is 0.415 e. The second-order valence-corrected chi connectivity index (χ2v) is 4.38. The summed E-state index contributed by atoms with van der Waals surface area (Å²) in [6.45, 7) is 1.92. The highest BCUT2D eigenvalue weighted by molar-refractivity contribution is 5.92. The topological polar surface area (TPSA) is 49.8 Å². The average molecular weight is 219 g/mol. The van der Waals surface area contributed by atoms with E-state index in [1.807, 2.05) is 6.92 Å². The molecule has 4 nitrogen and oxygen atoms in total. The Balaban J connectivity index is 2.09. The Bertz CT molecular complexity index is 458. The zero-order chi connectivity index (χ0) is 11.3. The highest BCUT2D eigenvalue weighted by Crippen LogP contribution is 2.38. The van der Waals surface area contributed by atoms with Crippen LogP contribution >= 0.6 is 0 Å². The number of aryl methyl sites for hydroxylation is 1. The molecule has 1 aromatic carbocycles. The molecule has 0 saturated carbocycles. The summed E-state index contributed by atoms with van der Waals surface area (Å²) in [4.78, 5) is 13.4. The third-order valence-corrected chi connectivity index (χ3v) is 3.39. The van der Waals surface area contributed by atoms with Crippen molar-refractivity contribution in [1.82, 2.24) is 0 Å². The van der Waals surface area contributed by atoms with Gasteiger partial charge in [0.2, 0.25) is 0 Å². The first-order valence-electron chi connectivity index (χ1n) is 5.48. The zero-order valence-corrected chi connectivity index (χ0v) is 9.01. The van der Waals surface area contributed by atoms with E-state index < -0.39 is 0 Å². The lowest BCUT2D eigenvalue weighted by Gasteiger charge is -2.30. The summed E-state index contributed by atoms with van der Waals surface area (Å²) in [5.74, 6) is 0.248. The molecule has 1 saturated heterocycles. The summed E-state index contributed by atoms with van der Waals surface area (Å²) in [6, 6.07) is 5.26. The van der Waals surface area contributed by atoms with Gasteiger partial charge in [0.05, 0.1) is 11.7 Å². The van der Waals surface area contributed by atoms with Gasteiger partial charge in [-0.15, -0.1) is 0 Å². The number of anilines is 1. The van der Waals surface area contributed by atoms with Crippen LogP contribution in [-0.2, 0) is 11.2 Å². The first-order valence-corrected chi connectivity index (χ1v) is 5.48. The molecule has 1 amide bonds. The largest absolute Gasteiger partial charge is 0.508 e. The number of hydrogen-bond donors (Lipinski definition) is 1. The van der Waals surface area contributed by atoms with E-state index in [2.05, 4.69) is 0 Å². The number of benzene rings is 1. The van der Waals surface area contributed by atoms with Gasteiger partial charge in [-0.3, -0.25) is 4.90 Å². The van der Waals surface area contributed by atoms with E-state index in [4.69, 9.17) is 4.74 Å². The Morgan fingerprint density at radius 2 is 2.31 bits per heavy atom. The number of carbonyl (C=O) groups is 1. The van der Waals surface area contributed by atoms with Crippen molar-refractivity contribution in [3.63, 3.8) is 0 Å². The monoisotopic (exact) mass is 219 g/mol. The van der Waals surface area contributed by atoms with Crippen LogP contribution in [0.3, 0.4) is 0 Å². The van der Waals surface area contributed by atoms with Crippen LogP contribution in [0.2, 0.25) is 0 Å². The van der Waals surface area contributed by atoms with Crippen LogP contribution < -0.4 is 4.90 Å². The fourth-order valence-electron chi connectivity index (χ4n) is 2.59. The van der Waals surface area contributed by atoms with E-state index >= 15 is 0 Å². The van der Waals surface area contributed by atoms with Gasteiger partial charge in [-0.2, -0.15) is 0 Å². The molecular formula is C12H13NO3. The number of fused-ring (bicyclic) bond motifs is 3. The molecule has 2 aliphatic heterocycles.